The smallest absolute Gasteiger partial charge is 0.130 e. The first-order valence-electron chi connectivity index (χ1n) is 7.07. The first kappa shape index (κ1) is 14.0. The number of nitrogens with one attached hydrogen (secondary N) is 1. The van der Waals surface area contributed by atoms with E-state index in [1.807, 2.05) is 0 Å². The van der Waals surface area contributed by atoms with E-state index in [1.54, 1.807) is 25.1 Å². The van der Waals surface area contributed by atoms with Crippen molar-refractivity contribution >= 4 is 0 Å². The summed E-state index contributed by atoms with van der Waals surface area (Å²) in [5.74, 6) is 0.0582. The van der Waals surface area contributed by atoms with Gasteiger partial charge in [-0.15, -0.1) is 0 Å². The van der Waals surface area contributed by atoms with Crippen LogP contribution in [0.5, 0.6) is 11.5 Å². The molecule has 1 aliphatic carbocycles. The highest BCUT2D eigenvalue weighted by atomic mass is 19.1. The second-order valence-corrected chi connectivity index (χ2v) is 5.46. The van der Waals surface area contributed by atoms with Gasteiger partial charge in [0.2, 0.25) is 0 Å². The Morgan fingerprint density at radius 3 is 2.62 bits per heavy atom. The van der Waals surface area contributed by atoms with E-state index in [-0.39, 0.29) is 11.6 Å². The molecule has 0 saturated heterocycles. The molecule has 0 heterocycles. The van der Waals surface area contributed by atoms with Gasteiger partial charge < -0.3 is 10.1 Å². The zero-order chi connectivity index (χ0) is 14.8. The maximum atomic E-state index is 13.6. The van der Waals surface area contributed by atoms with Crippen LogP contribution >= 0.6 is 0 Å². The van der Waals surface area contributed by atoms with Crippen molar-refractivity contribution in [3.8, 4) is 11.5 Å². The van der Waals surface area contributed by atoms with E-state index in [1.165, 1.54) is 31.0 Å². The summed E-state index contributed by atoms with van der Waals surface area (Å²) in [6.07, 6.45) is 2.36. The largest absolute Gasteiger partial charge is 0.457 e. The fourth-order valence-corrected chi connectivity index (χ4v) is 2.10. The number of hydrogen-bond acceptors (Lipinski definition) is 2. The van der Waals surface area contributed by atoms with Crippen molar-refractivity contribution in [3.05, 3.63) is 59.2 Å². The molecule has 0 spiro atoms. The Morgan fingerprint density at radius 2 is 1.90 bits per heavy atom. The Kier molecular flexibility index (Phi) is 3.88. The van der Waals surface area contributed by atoms with E-state index in [2.05, 4.69) is 5.32 Å². The summed E-state index contributed by atoms with van der Waals surface area (Å²) in [6.45, 7) is 2.30. The molecule has 0 aromatic heterocycles. The average molecular weight is 289 g/mol. The number of ether oxygens (including phenoxy) is 1. The van der Waals surface area contributed by atoms with Crippen molar-refractivity contribution < 1.29 is 13.5 Å². The molecular weight excluding hydrogens is 272 g/mol. The summed E-state index contributed by atoms with van der Waals surface area (Å²) in [7, 11) is 0. The molecule has 110 valence electrons. The molecule has 4 heteroatoms. The minimum absolute atomic E-state index is 0.334. The second kappa shape index (κ2) is 5.82. The predicted octanol–water partition coefficient (Wildman–Crippen LogP) is 4.32. The molecular formula is C17H17F2NO. The number of rotatable bonds is 5. The van der Waals surface area contributed by atoms with Gasteiger partial charge >= 0.3 is 0 Å². The van der Waals surface area contributed by atoms with Crippen LogP contribution in [0.4, 0.5) is 8.78 Å². The Labute approximate surface area is 122 Å². The summed E-state index contributed by atoms with van der Waals surface area (Å²) < 4.78 is 32.7. The number of benzene rings is 2. The first-order chi connectivity index (χ1) is 10.1. The van der Waals surface area contributed by atoms with Crippen molar-refractivity contribution in [2.75, 3.05) is 0 Å². The molecule has 0 amide bonds. The monoisotopic (exact) mass is 289 g/mol. The topological polar surface area (TPSA) is 21.3 Å². The van der Waals surface area contributed by atoms with E-state index in [0.717, 1.165) is 5.56 Å². The van der Waals surface area contributed by atoms with E-state index in [4.69, 9.17) is 4.74 Å². The van der Waals surface area contributed by atoms with Gasteiger partial charge in [0, 0.05) is 24.7 Å². The number of hydrogen-bond donors (Lipinski definition) is 1. The highest BCUT2D eigenvalue weighted by Crippen LogP contribution is 2.26. The quantitative estimate of drug-likeness (QED) is 0.885. The van der Waals surface area contributed by atoms with E-state index >= 15 is 0 Å². The SMILES string of the molecule is Cc1ccc(Oc2cc(F)cc(CNC3CC3)c2)cc1F. The van der Waals surface area contributed by atoms with Gasteiger partial charge in [-0.05, 0) is 49.1 Å². The Morgan fingerprint density at radius 1 is 1.10 bits per heavy atom. The third-order valence-electron chi connectivity index (χ3n) is 3.48. The van der Waals surface area contributed by atoms with Crippen molar-refractivity contribution in [2.24, 2.45) is 0 Å². The maximum absolute atomic E-state index is 13.6. The predicted molar refractivity (Wildman–Crippen MR) is 77.5 cm³/mol. The molecule has 0 aliphatic heterocycles. The maximum Gasteiger partial charge on any atom is 0.130 e. The van der Waals surface area contributed by atoms with Crippen LogP contribution in [-0.4, -0.2) is 6.04 Å². The molecule has 2 nitrogen and oxygen atoms in total. The summed E-state index contributed by atoms with van der Waals surface area (Å²) in [4.78, 5) is 0. The molecule has 3 rings (SSSR count). The summed E-state index contributed by atoms with van der Waals surface area (Å²) in [5.41, 5.74) is 1.38. The molecule has 1 N–H and O–H groups in total. The molecule has 0 radical (unpaired) electrons. The lowest BCUT2D eigenvalue weighted by atomic mass is 10.2. The van der Waals surface area contributed by atoms with Gasteiger partial charge in [0.15, 0.2) is 0 Å². The fraction of sp³-hybridized carbons (Fsp3) is 0.294. The van der Waals surface area contributed by atoms with Gasteiger partial charge in [0.25, 0.3) is 0 Å². The van der Waals surface area contributed by atoms with Crippen LogP contribution in [0.15, 0.2) is 36.4 Å². The fourth-order valence-electron chi connectivity index (χ4n) is 2.10. The summed E-state index contributed by atoms with van der Waals surface area (Å²) >= 11 is 0. The highest BCUT2D eigenvalue weighted by Gasteiger charge is 2.20. The van der Waals surface area contributed by atoms with Crippen LogP contribution in [0.2, 0.25) is 0 Å². The van der Waals surface area contributed by atoms with E-state index in [0.29, 0.717) is 29.6 Å². The zero-order valence-corrected chi connectivity index (χ0v) is 11.8. The standard InChI is InChI=1S/C17H17F2NO/c1-11-2-5-15(9-17(11)19)21-16-7-12(6-13(18)8-16)10-20-14-3-4-14/h2,5-9,14,20H,3-4,10H2,1H3. The van der Waals surface area contributed by atoms with Crippen LogP contribution in [0.1, 0.15) is 24.0 Å². The van der Waals surface area contributed by atoms with Gasteiger partial charge in [0.1, 0.15) is 23.1 Å². The summed E-state index contributed by atoms with van der Waals surface area (Å²) in [6, 6.07) is 9.74. The molecule has 1 aliphatic rings. The lowest BCUT2D eigenvalue weighted by Crippen LogP contribution is -2.15. The second-order valence-electron chi connectivity index (χ2n) is 5.46. The van der Waals surface area contributed by atoms with E-state index < -0.39 is 0 Å². The molecule has 2 aromatic rings. The third kappa shape index (κ3) is 3.79. The van der Waals surface area contributed by atoms with Crippen LogP contribution in [0.25, 0.3) is 0 Å². The molecule has 0 unspecified atom stereocenters. The third-order valence-corrected chi connectivity index (χ3v) is 3.48. The minimum Gasteiger partial charge on any atom is -0.457 e. The molecule has 0 bridgehead atoms. The lowest BCUT2D eigenvalue weighted by Gasteiger charge is -2.09. The summed E-state index contributed by atoms with van der Waals surface area (Å²) in [5, 5.41) is 3.33. The molecule has 21 heavy (non-hydrogen) atoms. The highest BCUT2D eigenvalue weighted by molar-refractivity contribution is 5.36. The van der Waals surface area contributed by atoms with Gasteiger partial charge in [0.05, 0.1) is 0 Å². The first-order valence-corrected chi connectivity index (χ1v) is 7.07. The Bertz CT molecular complexity index is 653. The molecule has 1 fully saturated rings. The molecule has 1 saturated carbocycles. The van der Waals surface area contributed by atoms with Crippen LogP contribution in [0.3, 0.4) is 0 Å². The van der Waals surface area contributed by atoms with Crippen LogP contribution in [-0.2, 0) is 6.54 Å². The van der Waals surface area contributed by atoms with Gasteiger partial charge in [-0.25, -0.2) is 8.78 Å². The molecule has 0 atom stereocenters. The van der Waals surface area contributed by atoms with Crippen molar-refractivity contribution in [2.45, 2.75) is 32.4 Å². The van der Waals surface area contributed by atoms with Gasteiger partial charge in [-0.3, -0.25) is 0 Å². The van der Waals surface area contributed by atoms with E-state index in [9.17, 15) is 8.78 Å². The number of aryl methyl sites for hydroxylation is 1. The van der Waals surface area contributed by atoms with Gasteiger partial charge in [-0.2, -0.15) is 0 Å². The Balaban J connectivity index is 1.75. The lowest BCUT2D eigenvalue weighted by molar-refractivity contribution is 0.469. The van der Waals surface area contributed by atoms with Crippen molar-refractivity contribution in [1.82, 2.24) is 5.32 Å². The zero-order valence-electron chi connectivity index (χ0n) is 11.8. The Hall–Kier alpha value is -1.94. The average Bonchev–Trinajstić information content (AvgIpc) is 3.24. The molecule has 2 aromatic carbocycles. The van der Waals surface area contributed by atoms with Crippen molar-refractivity contribution in [3.63, 3.8) is 0 Å². The normalized spacial score (nSPS) is 14.2. The van der Waals surface area contributed by atoms with Crippen LogP contribution in [0, 0.1) is 18.6 Å². The van der Waals surface area contributed by atoms with Crippen molar-refractivity contribution in [1.29, 1.82) is 0 Å². The minimum atomic E-state index is -0.354. The van der Waals surface area contributed by atoms with Crippen LogP contribution < -0.4 is 10.1 Å². The number of halogens is 2. The van der Waals surface area contributed by atoms with Gasteiger partial charge in [-0.1, -0.05) is 6.07 Å².